The third-order valence-electron chi connectivity index (χ3n) is 1.98. The SMILES string of the molecule is CC(CC(=O)NN)n1cc(C(N)=O)cn1. The number of hydrazine groups is 1. The Hall–Kier alpha value is -1.89. The summed E-state index contributed by atoms with van der Waals surface area (Å²) in [6.45, 7) is 1.78. The van der Waals surface area contributed by atoms with Crippen molar-refractivity contribution in [3.8, 4) is 0 Å². The molecule has 2 amide bonds. The van der Waals surface area contributed by atoms with Crippen molar-refractivity contribution in [2.45, 2.75) is 19.4 Å². The molecular weight excluding hydrogens is 198 g/mol. The maximum Gasteiger partial charge on any atom is 0.251 e. The molecule has 0 saturated heterocycles. The Morgan fingerprint density at radius 3 is 2.80 bits per heavy atom. The van der Waals surface area contributed by atoms with Crippen molar-refractivity contribution >= 4 is 11.8 Å². The number of carbonyl (C=O) groups is 2. The predicted octanol–water partition coefficient (Wildman–Crippen LogP) is -1.08. The molecule has 7 nitrogen and oxygen atoms in total. The number of nitrogens with two attached hydrogens (primary N) is 2. The highest BCUT2D eigenvalue weighted by molar-refractivity contribution is 5.92. The van der Waals surface area contributed by atoms with Crippen molar-refractivity contribution in [1.29, 1.82) is 0 Å². The summed E-state index contributed by atoms with van der Waals surface area (Å²) in [5.74, 6) is 4.11. The summed E-state index contributed by atoms with van der Waals surface area (Å²) < 4.78 is 1.50. The molecule has 5 N–H and O–H groups in total. The number of hydrogen-bond acceptors (Lipinski definition) is 4. The normalized spacial score (nSPS) is 12.1. The fourth-order valence-electron chi connectivity index (χ4n) is 1.13. The van der Waals surface area contributed by atoms with Crippen LogP contribution >= 0.6 is 0 Å². The van der Waals surface area contributed by atoms with Crippen LogP contribution in [-0.2, 0) is 4.79 Å². The molecule has 15 heavy (non-hydrogen) atoms. The van der Waals surface area contributed by atoms with Gasteiger partial charge in [-0.05, 0) is 6.92 Å². The maximum atomic E-state index is 11.0. The number of nitrogens with one attached hydrogen (secondary N) is 1. The molecular formula is C8H13N5O2. The van der Waals surface area contributed by atoms with E-state index in [0.717, 1.165) is 0 Å². The third-order valence-corrected chi connectivity index (χ3v) is 1.98. The van der Waals surface area contributed by atoms with E-state index in [4.69, 9.17) is 11.6 Å². The molecule has 0 aliphatic carbocycles. The zero-order valence-electron chi connectivity index (χ0n) is 8.30. The first-order chi connectivity index (χ1) is 7.04. The fourth-order valence-corrected chi connectivity index (χ4v) is 1.13. The predicted molar refractivity (Wildman–Crippen MR) is 52.4 cm³/mol. The first kappa shape index (κ1) is 11.2. The van der Waals surface area contributed by atoms with Gasteiger partial charge < -0.3 is 5.73 Å². The minimum Gasteiger partial charge on any atom is -0.366 e. The summed E-state index contributed by atoms with van der Waals surface area (Å²) in [5, 5.41) is 3.92. The summed E-state index contributed by atoms with van der Waals surface area (Å²) >= 11 is 0. The summed E-state index contributed by atoms with van der Waals surface area (Å²) in [6, 6.07) is -0.179. The lowest BCUT2D eigenvalue weighted by Gasteiger charge is -2.10. The average molecular weight is 211 g/mol. The Bertz CT molecular complexity index is 373. The molecule has 1 rings (SSSR count). The van der Waals surface area contributed by atoms with Crippen LogP contribution in [0.2, 0.25) is 0 Å². The number of aromatic nitrogens is 2. The van der Waals surface area contributed by atoms with Gasteiger partial charge in [0.05, 0.1) is 24.2 Å². The molecule has 1 aromatic heterocycles. The van der Waals surface area contributed by atoms with E-state index in [-0.39, 0.29) is 18.4 Å². The van der Waals surface area contributed by atoms with E-state index in [9.17, 15) is 9.59 Å². The molecule has 0 fully saturated rings. The van der Waals surface area contributed by atoms with Gasteiger partial charge in [0.25, 0.3) is 5.91 Å². The Kier molecular flexibility index (Phi) is 3.40. The van der Waals surface area contributed by atoms with Crippen molar-refractivity contribution in [2.75, 3.05) is 0 Å². The highest BCUT2D eigenvalue weighted by Crippen LogP contribution is 2.10. The van der Waals surface area contributed by atoms with Crippen molar-refractivity contribution in [2.24, 2.45) is 11.6 Å². The van der Waals surface area contributed by atoms with Crippen LogP contribution in [0.25, 0.3) is 0 Å². The molecule has 0 aromatic carbocycles. The standard InChI is InChI=1S/C8H13N5O2/c1-5(2-7(14)12-10)13-4-6(3-11-13)8(9)15/h3-5H,2,10H2,1H3,(H2,9,15)(H,12,14). The topological polar surface area (TPSA) is 116 Å². The second kappa shape index (κ2) is 4.56. The van der Waals surface area contributed by atoms with Crippen LogP contribution in [0.1, 0.15) is 29.7 Å². The van der Waals surface area contributed by atoms with Crippen molar-refractivity contribution in [3.63, 3.8) is 0 Å². The highest BCUT2D eigenvalue weighted by Gasteiger charge is 2.12. The maximum absolute atomic E-state index is 11.0. The van der Waals surface area contributed by atoms with Crippen LogP contribution in [0.5, 0.6) is 0 Å². The van der Waals surface area contributed by atoms with Gasteiger partial charge in [0.15, 0.2) is 0 Å². The van der Waals surface area contributed by atoms with Gasteiger partial charge in [-0.1, -0.05) is 0 Å². The Morgan fingerprint density at radius 1 is 1.67 bits per heavy atom. The summed E-state index contributed by atoms with van der Waals surface area (Å²) in [6.07, 6.45) is 3.05. The molecule has 0 radical (unpaired) electrons. The quantitative estimate of drug-likeness (QED) is 0.334. The zero-order valence-corrected chi connectivity index (χ0v) is 8.30. The monoisotopic (exact) mass is 211 g/mol. The molecule has 0 aliphatic heterocycles. The lowest BCUT2D eigenvalue weighted by Crippen LogP contribution is -2.31. The first-order valence-corrected chi connectivity index (χ1v) is 4.38. The Morgan fingerprint density at radius 2 is 2.33 bits per heavy atom. The number of rotatable bonds is 4. The Labute approximate surface area is 86.4 Å². The van der Waals surface area contributed by atoms with Crippen molar-refractivity contribution < 1.29 is 9.59 Å². The number of hydrogen-bond donors (Lipinski definition) is 3. The van der Waals surface area contributed by atoms with Crippen LogP contribution in [0, 0.1) is 0 Å². The van der Waals surface area contributed by atoms with E-state index in [1.807, 2.05) is 5.43 Å². The summed E-state index contributed by atoms with van der Waals surface area (Å²) in [4.78, 5) is 21.8. The third kappa shape index (κ3) is 2.78. The van der Waals surface area contributed by atoms with Crippen molar-refractivity contribution in [3.05, 3.63) is 18.0 Å². The van der Waals surface area contributed by atoms with E-state index >= 15 is 0 Å². The van der Waals surface area contributed by atoms with E-state index in [0.29, 0.717) is 5.56 Å². The lowest BCUT2D eigenvalue weighted by molar-refractivity contribution is -0.121. The van der Waals surface area contributed by atoms with Gasteiger partial charge in [-0.2, -0.15) is 5.10 Å². The van der Waals surface area contributed by atoms with Crippen molar-refractivity contribution in [1.82, 2.24) is 15.2 Å². The van der Waals surface area contributed by atoms with Crippen LogP contribution < -0.4 is 17.0 Å². The van der Waals surface area contributed by atoms with Crippen LogP contribution in [0.4, 0.5) is 0 Å². The molecule has 1 unspecified atom stereocenters. The van der Waals surface area contributed by atoms with Gasteiger partial charge in [-0.15, -0.1) is 0 Å². The second-order valence-corrected chi connectivity index (χ2v) is 3.19. The Balaban J connectivity index is 2.69. The number of primary amides is 1. The zero-order chi connectivity index (χ0) is 11.4. The minimum absolute atomic E-state index is 0.179. The van der Waals surface area contributed by atoms with Crippen LogP contribution in [-0.4, -0.2) is 21.6 Å². The largest absolute Gasteiger partial charge is 0.366 e. The molecule has 0 bridgehead atoms. The van der Waals surface area contributed by atoms with E-state index in [1.165, 1.54) is 17.1 Å². The number of nitrogens with zero attached hydrogens (tertiary/aromatic N) is 2. The minimum atomic E-state index is -0.545. The molecule has 7 heteroatoms. The van der Waals surface area contributed by atoms with Gasteiger partial charge in [0.1, 0.15) is 0 Å². The average Bonchev–Trinajstić information content (AvgIpc) is 2.66. The molecule has 1 aromatic rings. The summed E-state index contributed by atoms with van der Waals surface area (Å²) in [7, 11) is 0. The van der Waals surface area contributed by atoms with Crippen LogP contribution in [0.3, 0.4) is 0 Å². The van der Waals surface area contributed by atoms with Gasteiger partial charge in [0, 0.05) is 6.20 Å². The molecule has 0 saturated carbocycles. The fraction of sp³-hybridized carbons (Fsp3) is 0.375. The van der Waals surface area contributed by atoms with E-state index < -0.39 is 5.91 Å². The molecule has 0 aliphatic rings. The summed E-state index contributed by atoms with van der Waals surface area (Å²) in [5.41, 5.74) is 7.40. The molecule has 0 spiro atoms. The number of carbonyl (C=O) groups excluding carboxylic acids is 2. The first-order valence-electron chi connectivity index (χ1n) is 4.38. The number of amides is 2. The molecule has 82 valence electrons. The second-order valence-electron chi connectivity index (χ2n) is 3.19. The highest BCUT2D eigenvalue weighted by atomic mass is 16.2. The van der Waals surface area contributed by atoms with E-state index in [2.05, 4.69) is 5.10 Å². The molecule has 1 atom stereocenters. The van der Waals surface area contributed by atoms with Gasteiger partial charge in [0.2, 0.25) is 5.91 Å². The van der Waals surface area contributed by atoms with E-state index in [1.54, 1.807) is 6.92 Å². The lowest BCUT2D eigenvalue weighted by atomic mass is 10.2. The van der Waals surface area contributed by atoms with Gasteiger partial charge >= 0.3 is 0 Å². The molecule has 1 heterocycles. The van der Waals surface area contributed by atoms with Gasteiger partial charge in [-0.25, -0.2) is 5.84 Å². The van der Waals surface area contributed by atoms with Crippen LogP contribution in [0.15, 0.2) is 12.4 Å². The van der Waals surface area contributed by atoms with Gasteiger partial charge in [-0.3, -0.25) is 19.7 Å². The smallest absolute Gasteiger partial charge is 0.251 e.